The predicted molar refractivity (Wildman–Crippen MR) is 79.6 cm³/mol. The first-order valence-electron chi connectivity index (χ1n) is 6.16. The van der Waals surface area contributed by atoms with Gasteiger partial charge in [0.05, 0.1) is 11.1 Å². The number of benzene rings is 1. The number of hydrogen-bond acceptors (Lipinski definition) is 3. The number of carbonyl (C=O) groups is 2. The Hall–Kier alpha value is -1.26. The lowest BCUT2D eigenvalue weighted by Gasteiger charge is -2.18. The number of carbonyl (C=O) groups excluding carboxylic acids is 2. The molecular weight excluding hydrogens is 301 g/mol. The summed E-state index contributed by atoms with van der Waals surface area (Å²) in [6.45, 7) is 6.38. The van der Waals surface area contributed by atoms with Crippen LogP contribution in [0.3, 0.4) is 0 Å². The van der Waals surface area contributed by atoms with Crippen LogP contribution in [0.5, 0.6) is 5.75 Å². The van der Waals surface area contributed by atoms with Gasteiger partial charge in [0.2, 0.25) is 0 Å². The molecule has 0 fully saturated rings. The zero-order valence-corrected chi connectivity index (χ0v) is 13.3. The highest BCUT2D eigenvalue weighted by atomic mass is 35.5. The molecule has 1 rings (SSSR count). The summed E-state index contributed by atoms with van der Waals surface area (Å²) in [5.41, 5.74) is 0.690. The van der Waals surface area contributed by atoms with Gasteiger partial charge in [0.25, 0.3) is 5.91 Å². The maximum Gasteiger partial charge on any atom is 0.261 e. The van der Waals surface area contributed by atoms with Crippen molar-refractivity contribution in [2.75, 3.05) is 0 Å². The first kappa shape index (κ1) is 16.8. The second-order valence-electron chi connectivity index (χ2n) is 4.59. The Morgan fingerprint density at radius 2 is 1.85 bits per heavy atom. The molecule has 0 bridgehead atoms. The zero-order chi connectivity index (χ0) is 15.4. The van der Waals surface area contributed by atoms with E-state index in [1.54, 1.807) is 32.9 Å². The largest absolute Gasteiger partial charge is 0.479 e. The highest BCUT2D eigenvalue weighted by Gasteiger charge is 2.20. The lowest BCUT2D eigenvalue weighted by Crippen LogP contribution is -2.44. The Bertz CT molecular complexity index is 531. The molecule has 0 aliphatic rings. The molecule has 0 spiro atoms. The highest BCUT2D eigenvalue weighted by Crippen LogP contribution is 2.33. The van der Waals surface area contributed by atoms with Crippen LogP contribution in [0.15, 0.2) is 12.1 Å². The van der Waals surface area contributed by atoms with Crippen molar-refractivity contribution >= 4 is 34.9 Å². The number of hydrogen-bond donors (Lipinski definition) is 1. The average molecular weight is 318 g/mol. The van der Waals surface area contributed by atoms with Crippen LogP contribution in [0, 0.1) is 6.92 Å². The zero-order valence-electron chi connectivity index (χ0n) is 11.8. The van der Waals surface area contributed by atoms with E-state index in [2.05, 4.69) is 5.32 Å². The summed E-state index contributed by atoms with van der Waals surface area (Å²) in [5, 5.41) is 3.47. The van der Waals surface area contributed by atoms with Crippen LogP contribution in [0.1, 0.15) is 26.3 Å². The van der Waals surface area contributed by atoms with Crippen LogP contribution in [-0.4, -0.2) is 23.8 Å². The minimum atomic E-state index is -0.769. The van der Waals surface area contributed by atoms with Gasteiger partial charge in [-0.1, -0.05) is 23.2 Å². The van der Waals surface area contributed by atoms with E-state index in [1.165, 1.54) is 6.92 Å². The fourth-order valence-electron chi connectivity index (χ4n) is 1.40. The maximum absolute atomic E-state index is 11.9. The van der Waals surface area contributed by atoms with Gasteiger partial charge in [-0.25, -0.2) is 0 Å². The molecule has 0 radical (unpaired) electrons. The molecule has 0 saturated heterocycles. The third kappa shape index (κ3) is 4.12. The van der Waals surface area contributed by atoms with Crippen molar-refractivity contribution in [1.82, 2.24) is 5.32 Å². The molecule has 0 heterocycles. The average Bonchev–Trinajstić information content (AvgIpc) is 2.39. The standard InChI is InChI=1S/C14H17Cl2NO3/c1-7-11(15)5-6-12(13(7)16)20-10(4)14(19)17-8(2)9(3)18/h5-6,8,10H,1-4H3,(H,17,19). The van der Waals surface area contributed by atoms with Crippen LogP contribution in [-0.2, 0) is 9.59 Å². The van der Waals surface area contributed by atoms with Gasteiger partial charge in [-0.05, 0) is 45.4 Å². The molecule has 1 N–H and O–H groups in total. The lowest BCUT2D eigenvalue weighted by molar-refractivity contribution is -0.130. The van der Waals surface area contributed by atoms with E-state index >= 15 is 0 Å². The quantitative estimate of drug-likeness (QED) is 0.907. The van der Waals surface area contributed by atoms with Crippen LogP contribution in [0.25, 0.3) is 0 Å². The lowest BCUT2D eigenvalue weighted by atomic mass is 10.2. The number of ketones is 1. The van der Waals surface area contributed by atoms with Crippen molar-refractivity contribution in [2.24, 2.45) is 0 Å². The van der Waals surface area contributed by atoms with E-state index in [4.69, 9.17) is 27.9 Å². The maximum atomic E-state index is 11.9. The topological polar surface area (TPSA) is 55.4 Å². The summed E-state index contributed by atoms with van der Waals surface area (Å²) < 4.78 is 5.51. The molecular formula is C14H17Cl2NO3. The van der Waals surface area contributed by atoms with E-state index in [9.17, 15) is 9.59 Å². The summed E-state index contributed by atoms with van der Waals surface area (Å²) in [4.78, 5) is 23.0. The molecule has 0 saturated carbocycles. The summed E-state index contributed by atoms with van der Waals surface area (Å²) in [6, 6.07) is 2.72. The molecule has 1 aromatic carbocycles. The Kier molecular flexibility index (Phi) is 5.84. The van der Waals surface area contributed by atoms with E-state index in [0.717, 1.165) is 0 Å². The first-order chi connectivity index (χ1) is 9.23. The SMILES string of the molecule is CC(=O)C(C)NC(=O)C(C)Oc1ccc(Cl)c(C)c1Cl. The Morgan fingerprint density at radius 3 is 2.40 bits per heavy atom. The minimum Gasteiger partial charge on any atom is -0.479 e. The molecule has 2 unspecified atom stereocenters. The van der Waals surface area contributed by atoms with E-state index in [-0.39, 0.29) is 11.7 Å². The van der Waals surface area contributed by atoms with E-state index in [0.29, 0.717) is 21.4 Å². The molecule has 2 atom stereocenters. The second-order valence-corrected chi connectivity index (χ2v) is 5.37. The third-order valence-electron chi connectivity index (χ3n) is 2.93. The van der Waals surface area contributed by atoms with Gasteiger partial charge < -0.3 is 10.1 Å². The molecule has 4 nitrogen and oxygen atoms in total. The van der Waals surface area contributed by atoms with Gasteiger partial charge in [0.1, 0.15) is 5.75 Å². The van der Waals surface area contributed by atoms with Crippen LogP contribution in [0.2, 0.25) is 10.0 Å². The summed E-state index contributed by atoms with van der Waals surface area (Å²) in [5.74, 6) is -0.117. The smallest absolute Gasteiger partial charge is 0.261 e. The molecule has 110 valence electrons. The van der Waals surface area contributed by atoms with E-state index in [1.807, 2.05) is 0 Å². The Labute approximate surface area is 128 Å². The molecule has 0 aliphatic carbocycles. The third-order valence-corrected chi connectivity index (χ3v) is 3.81. The number of rotatable bonds is 5. The van der Waals surface area contributed by atoms with Crippen molar-refractivity contribution in [2.45, 2.75) is 39.8 Å². The molecule has 1 amide bonds. The predicted octanol–water partition coefficient (Wildman–Crippen LogP) is 3.16. The van der Waals surface area contributed by atoms with Gasteiger partial charge in [0.15, 0.2) is 11.9 Å². The number of Topliss-reactive ketones (excluding diaryl/α,β-unsaturated/α-hetero) is 1. The number of halogens is 2. The van der Waals surface area contributed by atoms with Gasteiger partial charge in [-0.2, -0.15) is 0 Å². The number of nitrogens with one attached hydrogen (secondary N) is 1. The normalized spacial score (nSPS) is 13.5. The highest BCUT2D eigenvalue weighted by molar-refractivity contribution is 6.36. The molecule has 20 heavy (non-hydrogen) atoms. The van der Waals surface area contributed by atoms with Gasteiger partial charge in [-0.3, -0.25) is 9.59 Å². The van der Waals surface area contributed by atoms with Gasteiger partial charge >= 0.3 is 0 Å². The minimum absolute atomic E-state index is 0.120. The summed E-state index contributed by atoms with van der Waals surface area (Å²) in [6.07, 6.45) is -0.769. The summed E-state index contributed by atoms with van der Waals surface area (Å²) in [7, 11) is 0. The Balaban J connectivity index is 2.76. The van der Waals surface area contributed by atoms with Crippen molar-refractivity contribution < 1.29 is 14.3 Å². The van der Waals surface area contributed by atoms with Crippen LogP contribution >= 0.6 is 23.2 Å². The van der Waals surface area contributed by atoms with E-state index < -0.39 is 12.1 Å². The fourth-order valence-corrected chi connectivity index (χ4v) is 1.82. The van der Waals surface area contributed by atoms with Crippen molar-refractivity contribution in [3.05, 3.63) is 27.7 Å². The number of ether oxygens (including phenoxy) is 1. The molecule has 6 heteroatoms. The monoisotopic (exact) mass is 317 g/mol. The molecule has 0 aromatic heterocycles. The summed E-state index contributed by atoms with van der Waals surface area (Å²) >= 11 is 12.0. The van der Waals surface area contributed by atoms with Crippen molar-refractivity contribution in [1.29, 1.82) is 0 Å². The van der Waals surface area contributed by atoms with Crippen molar-refractivity contribution in [3.8, 4) is 5.75 Å². The van der Waals surface area contributed by atoms with Gasteiger partial charge in [-0.15, -0.1) is 0 Å². The van der Waals surface area contributed by atoms with Crippen molar-refractivity contribution in [3.63, 3.8) is 0 Å². The first-order valence-corrected chi connectivity index (χ1v) is 6.91. The number of amides is 1. The molecule has 0 aliphatic heterocycles. The fraction of sp³-hybridized carbons (Fsp3) is 0.429. The Morgan fingerprint density at radius 1 is 1.25 bits per heavy atom. The van der Waals surface area contributed by atoms with Gasteiger partial charge in [0, 0.05) is 5.02 Å². The van der Waals surface area contributed by atoms with Crippen LogP contribution < -0.4 is 10.1 Å². The molecule has 1 aromatic rings. The second kappa shape index (κ2) is 6.95. The van der Waals surface area contributed by atoms with Crippen LogP contribution in [0.4, 0.5) is 0 Å².